The number of carbonyl (C=O) groups excluding carboxylic acids is 2. The van der Waals surface area contributed by atoms with Crippen LogP contribution >= 0.6 is 0 Å². The van der Waals surface area contributed by atoms with Crippen molar-refractivity contribution in [2.45, 2.75) is 33.4 Å². The monoisotopic (exact) mass is 330 g/mol. The first-order chi connectivity index (χ1) is 10.4. The number of carbonyl (C=O) groups is 2. The molecule has 1 N–H and O–H groups in total. The van der Waals surface area contributed by atoms with Crippen LogP contribution in [0.25, 0.3) is 0 Å². The molecule has 2 amide bonds. The summed E-state index contributed by atoms with van der Waals surface area (Å²) in [4.78, 5) is 25.0. The van der Waals surface area contributed by atoms with Gasteiger partial charge in [0.2, 0.25) is 11.8 Å². The Morgan fingerprint density at radius 1 is 1.13 bits per heavy atom. The fourth-order valence-electron chi connectivity index (χ4n) is 1.92. The van der Waals surface area contributed by atoms with Gasteiger partial charge in [-0.05, 0) is 17.5 Å². The lowest BCUT2D eigenvalue weighted by molar-refractivity contribution is -0.137. The van der Waals surface area contributed by atoms with Crippen LogP contribution in [0.4, 0.5) is 18.9 Å². The summed E-state index contributed by atoms with van der Waals surface area (Å²) in [6, 6.07) is 4.72. The first-order valence-electron chi connectivity index (χ1n) is 7.10. The molecule has 1 aromatic rings. The van der Waals surface area contributed by atoms with Crippen molar-refractivity contribution in [1.82, 2.24) is 4.90 Å². The molecule has 0 aliphatic carbocycles. The number of nitrogens with one attached hydrogen (secondary N) is 1. The average molecular weight is 330 g/mol. The van der Waals surface area contributed by atoms with Gasteiger partial charge in [0.15, 0.2) is 0 Å². The largest absolute Gasteiger partial charge is 0.418 e. The molecule has 0 aliphatic rings. The Morgan fingerprint density at radius 2 is 1.70 bits per heavy atom. The number of halogens is 3. The Hall–Kier alpha value is -2.05. The number of benzene rings is 1. The standard InChI is InChI=1S/C16H21F3N2O2/c1-15(2,3)9-14(23)21(4)10-13(22)20-12-8-6-5-7-11(12)16(17,18)19/h5-8H,9-10H2,1-4H3,(H,20,22). The van der Waals surface area contributed by atoms with Crippen molar-refractivity contribution in [3.05, 3.63) is 29.8 Å². The van der Waals surface area contributed by atoms with Crippen molar-refractivity contribution < 1.29 is 22.8 Å². The third-order valence-corrected chi connectivity index (χ3v) is 2.99. The summed E-state index contributed by atoms with van der Waals surface area (Å²) in [6.07, 6.45) is -4.31. The zero-order valence-corrected chi connectivity index (χ0v) is 13.6. The second kappa shape index (κ2) is 7.02. The summed E-state index contributed by atoms with van der Waals surface area (Å²) >= 11 is 0. The van der Waals surface area contributed by atoms with E-state index >= 15 is 0 Å². The van der Waals surface area contributed by atoms with Crippen molar-refractivity contribution in [3.63, 3.8) is 0 Å². The summed E-state index contributed by atoms with van der Waals surface area (Å²) < 4.78 is 38.6. The molecule has 0 spiro atoms. The molecular weight excluding hydrogens is 309 g/mol. The maximum absolute atomic E-state index is 12.9. The van der Waals surface area contributed by atoms with Crippen LogP contribution in [-0.2, 0) is 15.8 Å². The highest BCUT2D eigenvalue weighted by Gasteiger charge is 2.33. The van der Waals surface area contributed by atoms with E-state index in [2.05, 4.69) is 5.32 Å². The van der Waals surface area contributed by atoms with E-state index in [1.165, 1.54) is 30.1 Å². The lowest BCUT2D eigenvalue weighted by Crippen LogP contribution is -2.36. The molecule has 0 radical (unpaired) electrons. The van der Waals surface area contributed by atoms with Gasteiger partial charge in [-0.1, -0.05) is 32.9 Å². The summed E-state index contributed by atoms with van der Waals surface area (Å²) in [6.45, 7) is 5.36. The molecule has 0 fully saturated rings. The summed E-state index contributed by atoms with van der Waals surface area (Å²) in [7, 11) is 1.45. The Morgan fingerprint density at radius 3 is 2.22 bits per heavy atom. The molecule has 0 unspecified atom stereocenters. The second-order valence-electron chi connectivity index (χ2n) is 6.58. The zero-order valence-electron chi connectivity index (χ0n) is 13.6. The Balaban J connectivity index is 2.73. The van der Waals surface area contributed by atoms with E-state index in [0.717, 1.165) is 6.07 Å². The van der Waals surface area contributed by atoms with E-state index in [1.807, 2.05) is 20.8 Å². The topological polar surface area (TPSA) is 49.4 Å². The molecule has 7 heteroatoms. The van der Waals surface area contributed by atoms with Gasteiger partial charge >= 0.3 is 6.18 Å². The minimum Gasteiger partial charge on any atom is -0.336 e. The quantitative estimate of drug-likeness (QED) is 0.918. The van der Waals surface area contributed by atoms with E-state index < -0.39 is 17.6 Å². The van der Waals surface area contributed by atoms with Gasteiger partial charge in [0.1, 0.15) is 0 Å². The summed E-state index contributed by atoms with van der Waals surface area (Å²) in [5.74, 6) is -0.914. The molecule has 0 aromatic heterocycles. The van der Waals surface area contributed by atoms with Gasteiger partial charge in [-0.2, -0.15) is 13.2 Å². The van der Waals surface area contributed by atoms with Gasteiger partial charge in [-0.3, -0.25) is 9.59 Å². The number of anilines is 1. The zero-order chi connectivity index (χ0) is 17.8. The minimum absolute atomic E-state index is 0.231. The lowest BCUT2D eigenvalue weighted by atomic mass is 9.92. The van der Waals surface area contributed by atoms with Crippen molar-refractivity contribution in [1.29, 1.82) is 0 Å². The normalized spacial score (nSPS) is 12.0. The third-order valence-electron chi connectivity index (χ3n) is 2.99. The van der Waals surface area contributed by atoms with Crippen LogP contribution in [0.15, 0.2) is 24.3 Å². The SMILES string of the molecule is CN(CC(=O)Nc1ccccc1C(F)(F)F)C(=O)CC(C)(C)C. The molecule has 0 atom stereocenters. The third kappa shape index (κ3) is 6.30. The van der Waals surface area contributed by atoms with Gasteiger partial charge in [-0.25, -0.2) is 0 Å². The number of hydrogen-bond acceptors (Lipinski definition) is 2. The van der Waals surface area contributed by atoms with Gasteiger partial charge in [-0.15, -0.1) is 0 Å². The molecule has 0 heterocycles. The Kier molecular flexibility index (Phi) is 5.80. The predicted molar refractivity (Wildman–Crippen MR) is 81.8 cm³/mol. The lowest BCUT2D eigenvalue weighted by Gasteiger charge is -2.23. The van der Waals surface area contributed by atoms with Crippen LogP contribution in [0.5, 0.6) is 0 Å². The molecule has 1 rings (SSSR count). The minimum atomic E-state index is -4.56. The van der Waals surface area contributed by atoms with Gasteiger partial charge in [0, 0.05) is 13.5 Å². The first-order valence-corrected chi connectivity index (χ1v) is 7.10. The number of rotatable bonds is 4. The summed E-state index contributed by atoms with van der Waals surface area (Å²) in [5, 5.41) is 2.21. The van der Waals surface area contributed by atoms with E-state index in [1.54, 1.807) is 0 Å². The van der Waals surface area contributed by atoms with Gasteiger partial charge in [0.05, 0.1) is 17.8 Å². The number of amides is 2. The van der Waals surface area contributed by atoms with E-state index in [-0.39, 0.29) is 30.0 Å². The van der Waals surface area contributed by atoms with Crippen LogP contribution in [0, 0.1) is 5.41 Å². The highest BCUT2D eigenvalue weighted by molar-refractivity contribution is 5.95. The number of likely N-dealkylation sites (N-methyl/N-ethyl adjacent to an activating group) is 1. The highest BCUT2D eigenvalue weighted by atomic mass is 19.4. The van der Waals surface area contributed by atoms with E-state index in [4.69, 9.17) is 0 Å². The number of hydrogen-bond donors (Lipinski definition) is 1. The molecule has 128 valence electrons. The van der Waals surface area contributed by atoms with E-state index in [9.17, 15) is 22.8 Å². The van der Waals surface area contributed by atoms with Gasteiger partial charge < -0.3 is 10.2 Å². The smallest absolute Gasteiger partial charge is 0.336 e. The van der Waals surface area contributed by atoms with Crippen LogP contribution in [0.2, 0.25) is 0 Å². The van der Waals surface area contributed by atoms with Crippen molar-refractivity contribution in [2.75, 3.05) is 18.9 Å². The van der Waals surface area contributed by atoms with Crippen LogP contribution in [0.3, 0.4) is 0 Å². The van der Waals surface area contributed by atoms with Crippen LogP contribution in [0.1, 0.15) is 32.8 Å². The molecule has 23 heavy (non-hydrogen) atoms. The Bertz CT molecular complexity index is 577. The fraction of sp³-hybridized carbons (Fsp3) is 0.500. The second-order valence-corrected chi connectivity index (χ2v) is 6.58. The van der Waals surface area contributed by atoms with Crippen molar-refractivity contribution in [2.24, 2.45) is 5.41 Å². The number of para-hydroxylation sites is 1. The molecule has 0 bridgehead atoms. The maximum atomic E-state index is 12.9. The molecule has 4 nitrogen and oxygen atoms in total. The van der Waals surface area contributed by atoms with Gasteiger partial charge in [0.25, 0.3) is 0 Å². The average Bonchev–Trinajstić information content (AvgIpc) is 2.35. The molecular formula is C16H21F3N2O2. The molecule has 0 aliphatic heterocycles. The summed E-state index contributed by atoms with van der Waals surface area (Å²) in [5.41, 5.74) is -1.47. The Labute approximate surface area is 133 Å². The van der Waals surface area contributed by atoms with Crippen molar-refractivity contribution >= 4 is 17.5 Å². The van der Waals surface area contributed by atoms with Crippen molar-refractivity contribution in [3.8, 4) is 0 Å². The fourth-order valence-corrected chi connectivity index (χ4v) is 1.92. The molecule has 0 saturated heterocycles. The highest BCUT2D eigenvalue weighted by Crippen LogP contribution is 2.34. The molecule has 0 saturated carbocycles. The number of nitrogens with zero attached hydrogens (tertiary/aromatic N) is 1. The van der Waals surface area contributed by atoms with Crippen LogP contribution in [-0.4, -0.2) is 30.3 Å². The van der Waals surface area contributed by atoms with E-state index in [0.29, 0.717) is 0 Å². The first kappa shape index (κ1) is 19.0. The molecule has 1 aromatic carbocycles. The maximum Gasteiger partial charge on any atom is 0.418 e. The predicted octanol–water partition coefficient (Wildman–Crippen LogP) is 3.54. The number of alkyl halides is 3. The van der Waals surface area contributed by atoms with Crippen LogP contribution < -0.4 is 5.32 Å².